The fourth-order valence-corrected chi connectivity index (χ4v) is 2.75. The van der Waals surface area contributed by atoms with Gasteiger partial charge in [-0.15, -0.1) is 0 Å². The molecule has 0 aliphatic carbocycles. The zero-order valence-corrected chi connectivity index (χ0v) is 12.1. The minimum atomic E-state index is 0.887. The summed E-state index contributed by atoms with van der Waals surface area (Å²) in [4.78, 5) is 14.2. The van der Waals surface area contributed by atoms with E-state index in [0.29, 0.717) is 0 Å². The van der Waals surface area contributed by atoms with Crippen LogP contribution in [0.2, 0.25) is 0 Å². The lowest BCUT2D eigenvalue weighted by atomic mass is 10.3. The number of amidine groups is 1. The highest BCUT2D eigenvalue weighted by molar-refractivity contribution is 5.97. The molecule has 1 aromatic rings. The van der Waals surface area contributed by atoms with E-state index in [9.17, 15) is 0 Å². The highest BCUT2D eigenvalue weighted by Gasteiger charge is 2.20. The van der Waals surface area contributed by atoms with Gasteiger partial charge in [-0.05, 0) is 31.4 Å². The summed E-state index contributed by atoms with van der Waals surface area (Å²) >= 11 is 0. The highest BCUT2D eigenvalue weighted by atomic mass is 15.3. The molecule has 2 heterocycles. The molecule has 0 bridgehead atoms. The topological polar surface area (TPSA) is 31.2 Å². The lowest BCUT2D eigenvalue weighted by Gasteiger charge is -2.19. The molecule has 0 radical (unpaired) electrons. The third kappa shape index (κ3) is 3.00. The molecule has 0 saturated carbocycles. The molecule has 2 aliphatic heterocycles. The lowest BCUT2D eigenvalue weighted by Crippen LogP contribution is -2.29. The Balaban J connectivity index is 1.89. The van der Waals surface area contributed by atoms with Crippen LogP contribution in [0.4, 0.5) is 5.69 Å². The number of guanidine groups is 1. The average Bonchev–Trinajstić information content (AvgIpc) is 3.12. The van der Waals surface area contributed by atoms with E-state index in [-0.39, 0.29) is 0 Å². The average molecular weight is 270 g/mol. The zero-order chi connectivity index (χ0) is 13.8. The van der Waals surface area contributed by atoms with Crippen LogP contribution in [0.25, 0.3) is 0 Å². The number of aliphatic imine (C=N–C) groups is 2. The molecular weight excluding hydrogens is 248 g/mol. The summed E-state index contributed by atoms with van der Waals surface area (Å²) in [6, 6.07) is 10.1. The molecule has 1 aromatic carbocycles. The van der Waals surface area contributed by atoms with Crippen molar-refractivity contribution in [2.75, 3.05) is 26.7 Å². The molecule has 0 unspecified atom stereocenters. The van der Waals surface area contributed by atoms with Gasteiger partial charge in [-0.2, -0.15) is 4.99 Å². The van der Waals surface area contributed by atoms with E-state index in [1.54, 1.807) is 0 Å². The number of hydrogen-bond donors (Lipinski definition) is 0. The van der Waals surface area contributed by atoms with Crippen LogP contribution in [0.3, 0.4) is 0 Å². The summed E-state index contributed by atoms with van der Waals surface area (Å²) in [5, 5.41) is 0. The van der Waals surface area contributed by atoms with Crippen LogP contribution in [0.5, 0.6) is 0 Å². The Hall–Kier alpha value is -1.84. The Morgan fingerprint density at radius 2 is 1.75 bits per heavy atom. The standard InChI is InChI=1S/C16H22N4/c1-19-11-7-10-15(19)18-16(20-12-5-6-13-20)17-14-8-3-2-4-9-14/h2-4,8-9H,5-7,10-13H2,1H3/b17-16?,18-15+. The summed E-state index contributed by atoms with van der Waals surface area (Å²) in [5.74, 6) is 2.06. The van der Waals surface area contributed by atoms with Gasteiger partial charge < -0.3 is 9.80 Å². The Morgan fingerprint density at radius 3 is 2.40 bits per heavy atom. The Kier molecular flexibility index (Phi) is 4.00. The molecule has 0 atom stereocenters. The molecule has 0 aromatic heterocycles. The maximum absolute atomic E-state index is 4.85. The summed E-state index contributed by atoms with van der Waals surface area (Å²) in [5.41, 5.74) is 0.986. The van der Waals surface area contributed by atoms with Crippen LogP contribution in [0, 0.1) is 0 Å². The van der Waals surface area contributed by atoms with E-state index in [4.69, 9.17) is 9.98 Å². The van der Waals surface area contributed by atoms with Gasteiger partial charge in [0.25, 0.3) is 0 Å². The quantitative estimate of drug-likeness (QED) is 0.580. The van der Waals surface area contributed by atoms with Gasteiger partial charge in [-0.25, -0.2) is 4.99 Å². The Labute approximate surface area is 120 Å². The van der Waals surface area contributed by atoms with Gasteiger partial charge in [-0.1, -0.05) is 18.2 Å². The van der Waals surface area contributed by atoms with Crippen molar-refractivity contribution < 1.29 is 0 Å². The largest absolute Gasteiger partial charge is 0.363 e. The van der Waals surface area contributed by atoms with E-state index < -0.39 is 0 Å². The normalized spacial score (nSPS) is 22.1. The van der Waals surface area contributed by atoms with Gasteiger partial charge in [0.1, 0.15) is 5.84 Å². The Morgan fingerprint density at radius 1 is 1.00 bits per heavy atom. The molecule has 4 nitrogen and oxygen atoms in total. The second-order valence-electron chi connectivity index (χ2n) is 5.49. The molecule has 20 heavy (non-hydrogen) atoms. The minimum Gasteiger partial charge on any atom is -0.363 e. The summed E-state index contributed by atoms with van der Waals surface area (Å²) < 4.78 is 0. The SMILES string of the molecule is CN1CCC/C1=N\C(=Nc1ccccc1)N1CCCC1. The number of rotatable bonds is 1. The second kappa shape index (κ2) is 6.07. The molecule has 0 N–H and O–H groups in total. The predicted octanol–water partition coefficient (Wildman–Crippen LogP) is 2.89. The molecule has 4 heteroatoms. The summed E-state index contributed by atoms with van der Waals surface area (Å²) in [7, 11) is 2.12. The van der Waals surface area contributed by atoms with Crippen molar-refractivity contribution >= 4 is 17.5 Å². The van der Waals surface area contributed by atoms with Crippen LogP contribution in [-0.2, 0) is 0 Å². The first-order valence-electron chi connectivity index (χ1n) is 7.50. The van der Waals surface area contributed by atoms with Gasteiger partial charge >= 0.3 is 0 Å². The molecule has 0 spiro atoms. The minimum absolute atomic E-state index is 0.887. The van der Waals surface area contributed by atoms with Gasteiger partial charge in [0.2, 0.25) is 5.96 Å². The first kappa shape index (κ1) is 13.2. The van der Waals surface area contributed by atoms with Crippen LogP contribution in [0.15, 0.2) is 40.3 Å². The third-order valence-electron chi connectivity index (χ3n) is 3.94. The lowest BCUT2D eigenvalue weighted by molar-refractivity contribution is 0.510. The van der Waals surface area contributed by atoms with Crippen molar-refractivity contribution in [1.82, 2.24) is 9.80 Å². The fraction of sp³-hybridized carbons (Fsp3) is 0.500. The fourth-order valence-electron chi connectivity index (χ4n) is 2.75. The summed E-state index contributed by atoms with van der Waals surface area (Å²) in [6.07, 6.45) is 4.76. The number of nitrogens with zero attached hydrogens (tertiary/aromatic N) is 4. The van der Waals surface area contributed by atoms with Crippen molar-refractivity contribution in [3.8, 4) is 0 Å². The molecular formula is C16H22N4. The first-order chi connectivity index (χ1) is 9.83. The maximum Gasteiger partial charge on any atom is 0.227 e. The first-order valence-corrected chi connectivity index (χ1v) is 7.50. The zero-order valence-electron chi connectivity index (χ0n) is 12.1. The summed E-state index contributed by atoms with van der Waals surface area (Å²) in [6.45, 7) is 3.26. The van der Waals surface area contributed by atoms with Crippen molar-refractivity contribution in [2.24, 2.45) is 9.98 Å². The van der Waals surface area contributed by atoms with E-state index in [1.807, 2.05) is 30.3 Å². The molecule has 2 saturated heterocycles. The Bertz CT molecular complexity index is 500. The van der Waals surface area contributed by atoms with Crippen LogP contribution >= 0.6 is 0 Å². The molecule has 106 valence electrons. The van der Waals surface area contributed by atoms with Gasteiger partial charge in [0.05, 0.1) is 5.69 Å². The van der Waals surface area contributed by atoms with E-state index in [0.717, 1.165) is 37.7 Å². The smallest absolute Gasteiger partial charge is 0.227 e. The molecule has 0 amide bonds. The number of hydrogen-bond acceptors (Lipinski definition) is 1. The monoisotopic (exact) mass is 270 g/mol. The van der Waals surface area contributed by atoms with E-state index >= 15 is 0 Å². The molecule has 2 fully saturated rings. The van der Waals surface area contributed by atoms with Crippen molar-refractivity contribution in [1.29, 1.82) is 0 Å². The number of benzene rings is 1. The van der Waals surface area contributed by atoms with Crippen LogP contribution in [0.1, 0.15) is 25.7 Å². The van der Waals surface area contributed by atoms with Crippen LogP contribution < -0.4 is 0 Å². The number of para-hydroxylation sites is 1. The molecule has 3 rings (SSSR count). The maximum atomic E-state index is 4.85. The van der Waals surface area contributed by atoms with Gasteiger partial charge in [0, 0.05) is 33.1 Å². The second-order valence-corrected chi connectivity index (χ2v) is 5.49. The van der Waals surface area contributed by atoms with Gasteiger partial charge in [-0.3, -0.25) is 0 Å². The van der Waals surface area contributed by atoms with Crippen molar-refractivity contribution in [3.63, 3.8) is 0 Å². The van der Waals surface area contributed by atoms with Gasteiger partial charge in [0.15, 0.2) is 0 Å². The van der Waals surface area contributed by atoms with Crippen molar-refractivity contribution in [3.05, 3.63) is 30.3 Å². The molecule has 2 aliphatic rings. The highest BCUT2D eigenvalue weighted by Crippen LogP contribution is 2.17. The number of likely N-dealkylation sites (tertiary alicyclic amines) is 2. The van der Waals surface area contributed by atoms with E-state index in [2.05, 4.69) is 16.8 Å². The van der Waals surface area contributed by atoms with E-state index in [1.165, 1.54) is 25.1 Å². The van der Waals surface area contributed by atoms with Crippen LogP contribution in [-0.4, -0.2) is 48.3 Å². The predicted molar refractivity (Wildman–Crippen MR) is 83.6 cm³/mol. The van der Waals surface area contributed by atoms with Crippen molar-refractivity contribution in [2.45, 2.75) is 25.7 Å². The third-order valence-corrected chi connectivity index (χ3v) is 3.94.